The van der Waals surface area contributed by atoms with Crippen molar-refractivity contribution in [2.24, 2.45) is 0 Å². The topological polar surface area (TPSA) is 26.3 Å². The zero-order chi connectivity index (χ0) is 12.0. The molecule has 0 saturated carbocycles. The molecular formula is C14H18O2. The molecule has 0 aliphatic rings. The highest BCUT2D eigenvalue weighted by atomic mass is 16.5. The van der Waals surface area contributed by atoms with Gasteiger partial charge in [0.2, 0.25) is 0 Å². The average Bonchev–Trinajstić information content (AvgIpc) is 2.26. The highest BCUT2D eigenvalue weighted by Crippen LogP contribution is 2.13. The molecule has 1 aromatic rings. The van der Waals surface area contributed by atoms with Gasteiger partial charge in [-0.05, 0) is 31.0 Å². The first kappa shape index (κ1) is 12.5. The van der Waals surface area contributed by atoms with Crippen LogP contribution in [-0.4, -0.2) is 12.9 Å². The molecule has 0 atom stereocenters. The maximum atomic E-state index is 11.5. The Balaban J connectivity index is 2.42. The molecule has 0 unspecified atom stereocenters. The molecule has 0 amide bonds. The van der Waals surface area contributed by atoms with Gasteiger partial charge in [0, 0.05) is 12.8 Å². The van der Waals surface area contributed by atoms with Crippen LogP contribution in [0, 0.1) is 0 Å². The zero-order valence-electron chi connectivity index (χ0n) is 9.95. The monoisotopic (exact) mass is 218 g/mol. The van der Waals surface area contributed by atoms with Gasteiger partial charge in [0.15, 0.2) is 0 Å². The summed E-state index contributed by atoms with van der Waals surface area (Å²) in [5.74, 6) is 1.10. The number of aryl methyl sites for hydroxylation is 1. The highest BCUT2D eigenvalue weighted by molar-refractivity contribution is 5.80. The molecule has 86 valence electrons. The Labute approximate surface area is 96.9 Å². The van der Waals surface area contributed by atoms with Gasteiger partial charge in [-0.1, -0.05) is 24.3 Å². The van der Waals surface area contributed by atoms with Crippen LogP contribution in [0.1, 0.15) is 25.3 Å². The van der Waals surface area contributed by atoms with Crippen molar-refractivity contribution in [2.45, 2.75) is 26.2 Å². The van der Waals surface area contributed by atoms with Gasteiger partial charge in [-0.15, -0.1) is 0 Å². The number of Topliss-reactive ketones (excluding diaryl/α,β-unsaturated/α-hetero) is 1. The predicted octanol–water partition coefficient (Wildman–Crippen LogP) is 3.16. The molecule has 16 heavy (non-hydrogen) atoms. The smallest absolute Gasteiger partial charge is 0.137 e. The van der Waals surface area contributed by atoms with E-state index in [0.29, 0.717) is 12.8 Å². The second kappa shape index (κ2) is 6.11. The summed E-state index contributed by atoms with van der Waals surface area (Å²) in [5, 5.41) is 0. The Morgan fingerprint density at radius 3 is 2.44 bits per heavy atom. The van der Waals surface area contributed by atoms with Gasteiger partial charge >= 0.3 is 0 Å². The van der Waals surface area contributed by atoms with Gasteiger partial charge < -0.3 is 4.74 Å². The zero-order valence-corrected chi connectivity index (χ0v) is 9.95. The number of ether oxygens (including phenoxy) is 1. The summed E-state index contributed by atoms with van der Waals surface area (Å²) < 4.78 is 5.07. The van der Waals surface area contributed by atoms with Crippen molar-refractivity contribution >= 4 is 5.78 Å². The first-order valence-electron chi connectivity index (χ1n) is 5.41. The number of allylic oxidation sites excluding steroid dienone is 1. The Morgan fingerprint density at radius 1 is 1.31 bits per heavy atom. The van der Waals surface area contributed by atoms with Crippen LogP contribution < -0.4 is 4.74 Å². The van der Waals surface area contributed by atoms with Gasteiger partial charge in [-0.25, -0.2) is 0 Å². The molecule has 1 rings (SSSR count). The summed E-state index contributed by atoms with van der Waals surface area (Å²) in [5.41, 5.74) is 2.09. The average molecular weight is 218 g/mol. The second-order valence-electron chi connectivity index (χ2n) is 4.02. The maximum Gasteiger partial charge on any atom is 0.137 e. The number of methoxy groups -OCH3 is 1. The molecule has 0 heterocycles. The van der Waals surface area contributed by atoms with E-state index in [0.717, 1.165) is 23.3 Å². The van der Waals surface area contributed by atoms with E-state index in [-0.39, 0.29) is 5.78 Å². The van der Waals surface area contributed by atoms with Crippen LogP contribution >= 0.6 is 0 Å². The fourth-order valence-electron chi connectivity index (χ4n) is 1.50. The summed E-state index contributed by atoms with van der Waals surface area (Å²) in [4.78, 5) is 11.5. The lowest BCUT2D eigenvalue weighted by Crippen LogP contribution is -2.00. The number of rotatable bonds is 6. The third-order valence-electron chi connectivity index (χ3n) is 2.35. The van der Waals surface area contributed by atoms with Crippen molar-refractivity contribution < 1.29 is 9.53 Å². The maximum absolute atomic E-state index is 11.5. The molecule has 0 aliphatic heterocycles. The third kappa shape index (κ3) is 4.30. The molecule has 0 spiro atoms. The lowest BCUT2D eigenvalue weighted by atomic mass is 10.0. The minimum absolute atomic E-state index is 0.253. The van der Waals surface area contributed by atoms with Crippen molar-refractivity contribution in [1.29, 1.82) is 0 Å². The van der Waals surface area contributed by atoms with Gasteiger partial charge in [-0.2, -0.15) is 0 Å². The Kier molecular flexibility index (Phi) is 4.77. The van der Waals surface area contributed by atoms with E-state index in [1.54, 1.807) is 7.11 Å². The van der Waals surface area contributed by atoms with Crippen LogP contribution in [0.15, 0.2) is 36.4 Å². The number of carbonyl (C=O) groups is 1. The fourth-order valence-corrected chi connectivity index (χ4v) is 1.50. The number of carbonyl (C=O) groups excluding carboxylic acids is 1. The molecule has 1 aromatic carbocycles. The summed E-state index contributed by atoms with van der Waals surface area (Å²) >= 11 is 0. The van der Waals surface area contributed by atoms with Gasteiger partial charge in [0.05, 0.1) is 7.11 Å². The number of hydrogen-bond donors (Lipinski definition) is 0. The Bertz CT molecular complexity index is 363. The molecule has 0 aromatic heterocycles. The lowest BCUT2D eigenvalue weighted by molar-refractivity contribution is -0.118. The highest BCUT2D eigenvalue weighted by Gasteiger charge is 2.03. The largest absolute Gasteiger partial charge is 0.497 e. The van der Waals surface area contributed by atoms with Crippen molar-refractivity contribution in [2.75, 3.05) is 7.11 Å². The number of ketones is 1. The fraction of sp³-hybridized carbons (Fsp3) is 0.357. The van der Waals surface area contributed by atoms with Gasteiger partial charge in [0.1, 0.15) is 11.5 Å². The first-order valence-corrected chi connectivity index (χ1v) is 5.41. The van der Waals surface area contributed by atoms with Crippen LogP contribution in [-0.2, 0) is 11.2 Å². The molecular weight excluding hydrogens is 200 g/mol. The summed E-state index contributed by atoms with van der Waals surface area (Å²) in [6.07, 6.45) is 1.87. The van der Waals surface area contributed by atoms with Crippen LogP contribution in [0.2, 0.25) is 0 Å². The molecule has 0 aliphatic carbocycles. The molecule has 0 bridgehead atoms. The number of hydrogen-bond acceptors (Lipinski definition) is 2. The summed E-state index contributed by atoms with van der Waals surface area (Å²) in [7, 11) is 1.64. The van der Waals surface area contributed by atoms with Gasteiger partial charge in [0.25, 0.3) is 0 Å². The predicted molar refractivity (Wildman–Crippen MR) is 65.8 cm³/mol. The quantitative estimate of drug-likeness (QED) is 0.685. The van der Waals surface area contributed by atoms with E-state index in [4.69, 9.17) is 4.74 Å². The van der Waals surface area contributed by atoms with Crippen LogP contribution in [0.25, 0.3) is 0 Å². The minimum atomic E-state index is 0.253. The molecule has 0 N–H and O–H groups in total. The Hall–Kier alpha value is -1.57. The lowest BCUT2D eigenvalue weighted by Gasteiger charge is -2.03. The van der Waals surface area contributed by atoms with E-state index >= 15 is 0 Å². The van der Waals surface area contributed by atoms with Crippen LogP contribution in [0.3, 0.4) is 0 Å². The SMILES string of the molecule is C=C(C)CC(=O)CCc1ccc(OC)cc1. The normalized spacial score (nSPS) is 9.88. The molecule has 0 fully saturated rings. The number of benzene rings is 1. The molecule has 2 nitrogen and oxygen atoms in total. The molecule has 0 radical (unpaired) electrons. The standard InChI is InChI=1S/C14H18O2/c1-11(2)10-13(15)7-4-12-5-8-14(16-3)9-6-12/h5-6,8-9H,1,4,7,10H2,2-3H3. The van der Waals surface area contributed by atoms with E-state index in [9.17, 15) is 4.79 Å². The first-order chi connectivity index (χ1) is 7.61. The second-order valence-corrected chi connectivity index (χ2v) is 4.02. The van der Waals surface area contributed by atoms with Crippen LogP contribution in [0.5, 0.6) is 5.75 Å². The van der Waals surface area contributed by atoms with Crippen molar-refractivity contribution in [1.82, 2.24) is 0 Å². The third-order valence-corrected chi connectivity index (χ3v) is 2.35. The van der Waals surface area contributed by atoms with Crippen LogP contribution in [0.4, 0.5) is 0 Å². The summed E-state index contributed by atoms with van der Waals surface area (Å²) in [6.45, 7) is 5.62. The molecule has 2 heteroatoms. The van der Waals surface area contributed by atoms with E-state index in [1.165, 1.54) is 0 Å². The van der Waals surface area contributed by atoms with E-state index in [1.807, 2.05) is 31.2 Å². The Morgan fingerprint density at radius 2 is 1.94 bits per heavy atom. The van der Waals surface area contributed by atoms with Crippen molar-refractivity contribution in [3.63, 3.8) is 0 Å². The van der Waals surface area contributed by atoms with E-state index < -0.39 is 0 Å². The molecule has 0 saturated heterocycles. The van der Waals surface area contributed by atoms with E-state index in [2.05, 4.69) is 6.58 Å². The minimum Gasteiger partial charge on any atom is -0.497 e. The van der Waals surface area contributed by atoms with Gasteiger partial charge in [-0.3, -0.25) is 4.79 Å². The van der Waals surface area contributed by atoms with Crippen molar-refractivity contribution in [3.8, 4) is 5.75 Å². The summed E-state index contributed by atoms with van der Waals surface area (Å²) in [6, 6.07) is 7.82. The van der Waals surface area contributed by atoms with Crippen molar-refractivity contribution in [3.05, 3.63) is 42.0 Å².